The molecule has 2 bridgehead atoms. The van der Waals surface area contributed by atoms with Crippen LogP contribution in [-0.2, 0) is 9.47 Å². The Balaban J connectivity index is 1.27. The van der Waals surface area contributed by atoms with Crippen LogP contribution in [0.4, 0.5) is 35.4 Å². The second kappa shape index (κ2) is 10.1. The maximum Gasteiger partial charge on any atom is 0.408 e. The van der Waals surface area contributed by atoms with Gasteiger partial charge in [0.05, 0.1) is 30.7 Å². The predicted molar refractivity (Wildman–Crippen MR) is 132 cm³/mol. The monoisotopic (exact) mass is 551 g/mol. The van der Waals surface area contributed by atoms with Crippen molar-refractivity contribution in [2.24, 2.45) is 0 Å². The molecule has 12 nitrogen and oxygen atoms in total. The normalized spacial score (nSPS) is 22.3. The maximum absolute atomic E-state index is 13.3. The number of halogens is 3. The fourth-order valence-electron chi connectivity index (χ4n) is 4.60. The molecule has 2 aromatic heterocycles. The third kappa shape index (κ3) is 5.83. The number of hydrogen-bond donors (Lipinski definition) is 2. The number of nitrogens with one attached hydrogen (secondary N) is 2. The van der Waals surface area contributed by atoms with Crippen LogP contribution in [0.15, 0.2) is 24.5 Å². The molecule has 39 heavy (non-hydrogen) atoms. The third-order valence-electron chi connectivity index (χ3n) is 6.59. The lowest BCUT2D eigenvalue weighted by Crippen LogP contribution is -2.49. The van der Waals surface area contributed by atoms with Crippen molar-refractivity contribution in [3.63, 3.8) is 0 Å². The van der Waals surface area contributed by atoms with E-state index in [0.717, 1.165) is 6.92 Å². The molecule has 3 aliphatic rings. The average Bonchev–Trinajstić information content (AvgIpc) is 3.45. The van der Waals surface area contributed by atoms with Crippen molar-refractivity contribution in [3.8, 4) is 5.75 Å². The number of carbonyl (C=O) groups is 2. The number of alkyl halides is 3. The zero-order valence-corrected chi connectivity index (χ0v) is 21.5. The first kappa shape index (κ1) is 26.9. The summed E-state index contributed by atoms with van der Waals surface area (Å²) in [6.45, 7) is 6.33. The summed E-state index contributed by atoms with van der Waals surface area (Å²) in [5.41, 5.74) is 0.369. The van der Waals surface area contributed by atoms with Crippen LogP contribution in [0.25, 0.3) is 0 Å². The number of anilines is 3. The molecular formula is C24H28F3N7O5. The van der Waals surface area contributed by atoms with Gasteiger partial charge in [0.25, 0.3) is 5.91 Å². The molecule has 3 atom stereocenters. The molecule has 5 heterocycles. The van der Waals surface area contributed by atoms with Crippen molar-refractivity contribution >= 4 is 29.4 Å². The van der Waals surface area contributed by atoms with Crippen LogP contribution in [0, 0.1) is 0 Å². The standard InChI is InChI=1S/C24H28F3N7O5/c1-13(24(25,26)27)30-20(35)17-4-5-18-19(31-17)34(14-6-7-33(18)10-14)22(36)32-21-28-8-15(9-29-21)37-11-16-12-38-23(2,3)39-16/h4-5,8-9,13-14,16H,6-7,10-12H2,1-3H3,(H,30,35)(H,28,29,32,36)/t13?,14-,16?/m0/s1. The summed E-state index contributed by atoms with van der Waals surface area (Å²) in [4.78, 5) is 41.8. The fourth-order valence-corrected chi connectivity index (χ4v) is 4.60. The number of rotatable bonds is 6. The van der Waals surface area contributed by atoms with Crippen molar-refractivity contribution in [3.05, 3.63) is 30.2 Å². The Morgan fingerprint density at radius 2 is 2.00 bits per heavy atom. The minimum absolute atomic E-state index is 0.0174. The molecule has 210 valence electrons. The molecule has 0 saturated carbocycles. The van der Waals surface area contributed by atoms with E-state index < -0.39 is 29.9 Å². The predicted octanol–water partition coefficient (Wildman–Crippen LogP) is 2.71. The highest BCUT2D eigenvalue weighted by atomic mass is 19.4. The molecule has 0 radical (unpaired) electrons. The molecule has 3 aliphatic heterocycles. The zero-order chi connectivity index (χ0) is 27.9. The van der Waals surface area contributed by atoms with E-state index in [1.807, 2.05) is 24.1 Å². The van der Waals surface area contributed by atoms with Gasteiger partial charge in [-0.15, -0.1) is 0 Å². The Bertz CT molecular complexity index is 1240. The number of urea groups is 1. The molecule has 2 fully saturated rings. The second-order valence-corrected chi connectivity index (χ2v) is 9.97. The Hall–Kier alpha value is -3.72. The van der Waals surface area contributed by atoms with E-state index in [9.17, 15) is 22.8 Å². The quantitative estimate of drug-likeness (QED) is 0.556. The Morgan fingerprint density at radius 3 is 2.67 bits per heavy atom. The van der Waals surface area contributed by atoms with Crippen LogP contribution >= 0.6 is 0 Å². The van der Waals surface area contributed by atoms with Gasteiger partial charge in [0.2, 0.25) is 5.95 Å². The van der Waals surface area contributed by atoms with E-state index in [-0.39, 0.29) is 36.2 Å². The first-order valence-electron chi connectivity index (χ1n) is 12.4. The van der Waals surface area contributed by atoms with Crippen molar-refractivity contribution in [2.75, 3.05) is 41.4 Å². The average molecular weight is 552 g/mol. The second-order valence-electron chi connectivity index (χ2n) is 9.97. The first-order valence-corrected chi connectivity index (χ1v) is 12.4. The molecule has 15 heteroatoms. The molecule has 2 aromatic rings. The van der Waals surface area contributed by atoms with E-state index >= 15 is 0 Å². The number of ether oxygens (including phenoxy) is 3. The van der Waals surface area contributed by atoms with E-state index in [2.05, 4.69) is 20.3 Å². The van der Waals surface area contributed by atoms with E-state index in [1.165, 1.54) is 23.4 Å². The summed E-state index contributed by atoms with van der Waals surface area (Å²) in [6, 6.07) is 0.0384. The van der Waals surface area contributed by atoms with E-state index in [0.29, 0.717) is 37.6 Å². The summed E-state index contributed by atoms with van der Waals surface area (Å²) >= 11 is 0. The number of amides is 3. The van der Waals surface area contributed by atoms with Crippen LogP contribution in [0.3, 0.4) is 0 Å². The molecule has 2 N–H and O–H groups in total. The minimum Gasteiger partial charge on any atom is -0.488 e. The summed E-state index contributed by atoms with van der Waals surface area (Å²) in [7, 11) is 0. The van der Waals surface area contributed by atoms with Crippen LogP contribution in [0.2, 0.25) is 0 Å². The smallest absolute Gasteiger partial charge is 0.408 e. The number of carbonyl (C=O) groups excluding carboxylic acids is 2. The molecule has 5 rings (SSSR count). The lowest BCUT2D eigenvalue weighted by Gasteiger charge is -2.35. The zero-order valence-electron chi connectivity index (χ0n) is 21.5. The maximum atomic E-state index is 13.3. The Labute approximate surface area is 221 Å². The molecule has 2 saturated heterocycles. The van der Waals surface area contributed by atoms with E-state index in [4.69, 9.17) is 14.2 Å². The molecule has 2 unspecified atom stereocenters. The van der Waals surface area contributed by atoms with Gasteiger partial charge >= 0.3 is 12.2 Å². The first-order chi connectivity index (χ1) is 18.4. The van der Waals surface area contributed by atoms with Gasteiger partial charge in [-0.25, -0.2) is 19.7 Å². The lowest BCUT2D eigenvalue weighted by molar-refractivity contribution is -0.149. The Morgan fingerprint density at radius 1 is 1.26 bits per heavy atom. The van der Waals surface area contributed by atoms with Gasteiger partial charge in [0.15, 0.2) is 17.4 Å². The van der Waals surface area contributed by atoms with Crippen molar-refractivity contribution < 1.29 is 37.0 Å². The molecule has 3 amide bonds. The van der Waals surface area contributed by atoms with Gasteiger partial charge in [-0.1, -0.05) is 0 Å². The summed E-state index contributed by atoms with van der Waals surface area (Å²) in [6.07, 6.45) is -1.37. The highest BCUT2D eigenvalue weighted by molar-refractivity contribution is 6.04. The minimum atomic E-state index is -4.60. The van der Waals surface area contributed by atoms with Crippen molar-refractivity contribution in [1.29, 1.82) is 0 Å². The molecule has 0 aliphatic carbocycles. The number of aromatic nitrogens is 3. The van der Waals surface area contributed by atoms with Crippen LogP contribution < -0.4 is 25.2 Å². The summed E-state index contributed by atoms with van der Waals surface area (Å²) < 4.78 is 55.6. The molecule has 0 spiro atoms. The van der Waals surface area contributed by atoms with Crippen LogP contribution in [0.5, 0.6) is 5.75 Å². The summed E-state index contributed by atoms with van der Waals surface area (Å²) in [5.74, 6) is -1.09. The number of fused-ring (bicyclic) bond motifs is 4. The van der Waals surface area contributed by atoms with Gasteiger partial charge in [-0.2, -0.15) is 13.2 Å². The van der Waals surface area contributed by atoms with Gasteiger partial charge in [0.1, 0.15) is 24.4 Å². The topological polar surface area (TPSA) is 131 Å². The highest BCUT2D eigenvalue weighted by Crippen LogP contribution is 2.39. The highest BCUT2D eigenvalue weighted by Gasteiger charge is 2.41. The fraction of sp³-hybridized carbons (Fsp3) is 0.542. The number of pyridine rings is 1. The number of hydrogen-bond acceptors (Lipinski definition) is 9. The van der Waals surface area contributed by atoms with E-state index in [1.54, 1.807) is 6.07 Å². The number of nitrogens with zero attached hydrogens (tertiary/aromatic N) is 5. The lowest BCUT2D eigenvalue weighted by atomic mass is 10.1. The Kier molecular flexibility index (Phi) is 6.97. The van der Waals surface area contributed by atoms with Crippen LogP contribution in [0.1, 0.15) is 37.7 Å². The van der Waals surface area contributed by atoms with Gasteiger partial charge in [-0.3, -0.25) is 15.0 Å². The third-order valence-corrected chi connectivity index (χ3v) is 6.59. The van der Waals surface area contributed by atoms with Crippen molar-refractivity contribution in [2.45, 2.75) is 57.3 Å². The largest absolute Gasteiger partial charge is 0.488 e. The molecule has 0 aromatic carbocycles. The molecular weight excluding hydrogens is 523 g/mol. The van der Waals surface area contributed by atoms with Crippen molar-refractivity contribution in [1.82, 2.24) is 20.3 Å². The summed E-state index contributed by atoms with van der Waals surface area (Å²) in [5, 5.41) is 4.52. The van der Waals surface area contributed by atoms with Crippen LogP contribution in [-0.4, -0.2) is 83.3 Å². The van der Waals surface area contributed by atoms with Gasteiger partial charge < -0.3 is 24.4 Å². The van der Waals surface area contributed by atoms with Gasteiger partial charge in [0, 0.05) is 13.1 Å². The SMILES string of the molecule is CC(NC(=O)c1ccc2c(n1)N(C(=O)Nc1ncc(OCC3COC(C)(C)O3)cn1)[C@H]1CCN2C1)C(F)(F)F. The van der Waals surface area contributed by atoms with Gasteiger partial charge in [-0.05, 0) is 39.3 Å².